The largest absolute Gasteiger partial charge is 0.496 e. The van der Waals surface area contributed by atoms with Crippen LogP contribution in [0.2, 0.25) is 0 Å². The molecule has 0 fully saturated rings. The maximum atomic E-state index is 12.1. The van der Waals surface area contributed by atoms with Crippen molar-refractivity contribution < 1.29 is 27.9 Å². The van der Waals surface area contributed by atoms with E-state index >= 15 is 0 Å². The van der Waals surface area contributed by atoms with Gasteiger partial charge in [0.15, 0.2) is 0 Å². The van der Waals surface area contributed by atoms with Crippen LogP contribution in [0.4, 0.5) is 0 Å². The molecule has 8 nitrogen and oxygen atoms in total. The van der Waals surface area contributed by atoms with Gasteiger partial charge < -0.3 is 15.2 Å². The second-order valence-corrected chi connectivity index (χ2v) is 7.66. The predicted octanol–water partition coefficient (Wildman–Crippen LogP) is 0.726. The molecule has 0 bridgehead atoms. The molecule has 146 valence electrons. The van der Waals surface area contributed by atoms with Crippen LogP contribution in [0.1, 0.15) is 19.4 Å². The van der Waals surface area contributed by atoms with Gasteiger partial charge in [-0.1, -0.05) is 32.0 Å². The van der Waals surface area contributed by atoms with Gasteiger partial charge in [-0.3, -0.25) is 9.59 Å². The van der Waals surface area contributed by atoms with Crippen molar-refractivity contribution in [1.29, 1.82) is 0 Å². The molecule has 0 aliphatic carbocycles. The van der Waals surface area contributed by atoms with Crippen LogP contribution in [0, 0.1) is 5.92 Å². The fourth-order valence-electron chi connectivity index (χ4n) is 2.55. The Morgan fingerprint density at radius 3 is 2.38 bits per heavy atom. The highest BCUT2D eigenvalue weighted by atomic mass is 32.2. The van der Waals surface area contributed by atoms with Crippen LogP contribution in [-0.2, 0) is 26.0 Å². The summed E-state index contributed by atoms with van der Waals surface area (Å²) in [5.41, 5.74) is 0.701. The fraction of sp³-hybridized carbons (Fsp3) is 0.529. The smallest absolute Gasteiger partial charge is 0.308 e. The SMILES string of the molecule is CCN(CC)S(=O)(=O)CC(=O)NCC(Cc1ccccc1OC)C(=O)O. The maximum absolute atomic E-state index is 12.1. The van der Waals surface area contributed by atoms with E-state index < -0.39 is 33.6 Å². The first-order valence-electron chi connectivity index (χ1n) is 8.34. The van der Waals surface area contributed by atoms with Crippen molar-refractivity contribution in [3.05, 3.63) is 29.8 Å². The van der Waals surface area contributed by atoms with Gasteiger partial charge in [0.25, 0.3) is 0 Å². The number of sulfonamides is 1. The third-order valence-corrected chi connectivity index (χ3v) is 5.90. The average molecular weight is 386 g/mol. The standard InChI is InChI=1S/C17H26N2O6S/c1-4-19(5-2)26(23,24)12-16(20)18-11-14(17(21)22)10-13-8-6-7-9-15(13)25-3/h6-9,14H,4-5,10-12H2,1-3H3,(H,18,20)(H,21,22). The highest BCUT2D eigenvalue weighted by Crippen LogP contribution is 2.21. The molecule has 1 unspecified atom stereocenters. The normalized spacial score (nSPS) is 12.6. The molecule has 1 amide bonds. The van der Waals surface area contributed by atoms with E-state index in [1.54, 1.807) is 38.1 Å². The molecule has 0 saturated heterocycles. The molecule has 0 aliphatic rings. The van der Waals surface area contributed by atoms with E-state index in [0.29, 0.717) is 11.3 Å². The predicted molar refractivity (Wildman–Crippen MR) is 97.5 cm³/mol. The lowest BCUT2D eigenvalue weighted by atomic mass is 9.98. The minimum atomic E-state index is -3.71. The second-order valence-electron chi connectivity index (χ2n) is 5.70. The van der Waals surface area contributed by atoms with Crippen LogP contribution in [0.15, 0.2) is 24.3 Å². The Balaban J connectivity index is 2.72. The number of carbonyl (C=O) groups excluding carboxylic acids is 1. The Bertz CT molecular complexity index is 716. The first-order valence-corrected chi connectivity index (χ1v) is 9.95. The first kappa shape index (κ1) is 21.9. The van der Waals surface area contributed by atoms with Crippen molar-refractivity contribution in [2.24, 2.45) is 5.92 Å². The van der Waals surface area contributed by atoms with Crippen molar-refractivity contribution in [3.63, 3.8) is 0 Å². The van der Waals surface area contributed by atoms with E-state index in [9.17, 15) is 23.1 Å². The van der Waals surface area contributed by atoms with Crippen LogP contribution in [0.3, 0.4) is 0 Å². The number of nitrogens with one attached hydrogen (secondary N) is 1. The van der Waals surface area contributed by atoms with Gasteiger partial charge in [0.2, 0.25) is 15.9 Å². The van der Waals surface area contributed by atoms with Gasteiger partial charge in [-0.05, 0) is 18.1 Å². The molecule has 0 radical (unpaired) electrons. The number of carboxylic acid groups (broad SMARTS) is 1. The van der Waals surface area contributed by atoms with Gasteiger partial charge in [-0.25, -0.2) is 12.7 Å². The van der Waals surface area contributed by atoms with E-state index in [1.165, 1.54) is 11.4 Å². The summed E-state index contributed by atoms with van der Waals surface area (Å²) in [6.45, 7) is 3.76. The Morgan fingerprint density at radius 1 is 1.23 bits per heavy atom. The summed E-state index contributed by atoms with van der Waals surface area (Å²) in [6, 6.07) is 7.02. The second kappa shape index (κ2) is 10.1. The van der Waals surface area contributed by atoms with E-state index in [4.69, 9.17) is 4.74 Å². The highest BCUT2D eigenvalue weighted by molar-refractivity contribution is 7.89. The summed E-state index contributed by atoms with van der Waals surface area (Å²) in [7, 11) is -2.21. The first-order chi connectivity index (χ1) is 12.2. The molecule has 0 spiro atoms. The van der Waals surface area contributed by atoms with Crippen molar-refractivity contribution in [3.8, 4) is 5.75 Å². The number of aliphatic carboxylic acids is 1. The molecule has 9 heteroatoms. The van der Waals surface area contributed by atoms with Gasteiger partial charge in [0.05, 0.1) is 13.0 Å². The molecule has 1 atom stereocenters. The molecule has 1 aromatic carbocycles. The fourth-order valence-corrected chi connectivity index (χ4v) is 3.95. The van der Waals surface area contributed by atoms with Gasteiger partial charge in [0, 0.05) is 19.6 Å². The van der Waals surface area contributed by atoms with Crippen LogP contribution < -0.4 is 10.1 Å². The maximum Gasteiger partial charge on any atom is 0.308 e. The van der Waals surface area contributed by atoms with Crippen molar-refractivity contribution >= 4 is 21.9 Å². The van der Waals surface area contributed by atoms with E-state index in [1.807, 2.05) is 0 Å². The van der Waals surface area contributed by atoms with Crippen LogP contribution in [0.25, 0.3) is 0 Å². The number of methoxy groups -OCH3 is 1. The van der Waals surface area contributed by atoms with E-state index in [2.05, 4.69) is 5.32 Å². The summed E-state index contributed by atoms with van der Waals surface area (Å²) >= 11 is 0. The number of amides is 1. The lowest BCUT2D eigenvalue weighted by Crippen LogP contribution is -2.41. The third kappa shape index (κ3) is 6.30. The number of hydrogen-bond acceptors (Lipinski definition) is 5. The molecular weight excluding hydrogens is 360 g/mol. The molecule has 26 heavy (non-hydrogen) atoms. The molecule has 0 aromatic heterocycles. The lowest BCUT2D eigenvalue weighted by Gasteiger charge is -2.19. The Labute approximate surface area is 154 Å². The summed E-state index contributed by atoms with van der Waals surface area (Å²) in [5, 5.41) is 11.8. The molecule has 1 rings (SSSR count). The zero-order valence-electron chi connectivity index (χ0n) is 15.3. The number of carbonyl (C=O) groups is 2. The van der Waals surface area contributed by atoms with Crippen LogP contribution in [-0.4, -0.2) is 62.2 Å². The molecular formula is C17H26N2O6S. The zero-order chi connectivity index (χ0) is 19.7. The molecule has 0 heterocycles. The number of rotatable bonds is 11. The van der Waals surface area contributed by atoms with Gasteiger partial charge in [0.1, 0.15) is 11.5 Å². The summed E-state index contributed by atoms with van der Waals surface area (Å²) < 4.78 is 30.6. The quantitative estimate of drug-likeness (QED) is 0.580. The third-order valence-electron chi connectivity index (χ3n) is 3.97. The zero-order valence-corrected chi connectivity index (χ0v) is 16.1. The Hall–Kier alpha value is -2.13. The molecule has 0 saturated carbocycles. The molecule has 2 N–H and O–H groups in total. The topological polar surface area (TPSA) is 113 Å². The Kier molecular flexibility index (Phi) is 8.53. The van der Waals surface area contributed by atoms with Crippen LogP contribution in [0.5, 0.6) is 5.75 Å². The number of benzene rings is 1. The summed E-state index contributed by atoms with van der Waals surface area (Å²) in [4.78, 5) is 23.4. The monoisotopic (exact) mass is 386 g/mol. The van der Waals surface area contributed by atoms with E-state index in [-0.39, 0.29) is 26.1 Å². The van der Waals surface area contributed by atoms with Crippen molar-refractivity contribution in [1.82, 2.24) is 9.62 Å². The molecule has 1 aromatic rings. The molecule has 0 aliphatic heterocycles. The van der Waals surface area contributed by atoms with Crippen LogP contribution >= 0.6 is 0 Å². The highest BCUT2D eigenvalue weighted by Gasteiger charge is 2.25. The number of para-hydroxylation sites is 1. The number of nitrogens with zero attached hydrogens (tertiary/aromatic N) is 1. The lowest BCUT2D eigenvalue weighted by molar-refractivity contribution is -0.141. The summed E-state index contributed by atoms with van der Waals surface area (Å²) in [5.74, 6) is -2.83. The average Bonchev–Trinajstić information content (AvgIpc) is 2.58. The van der Waals surface area contributed by atoms with Crippen molar-refractivity contribution in [2.45, 2.75) is 20.3 Å². The number of carboxylic acids is 1. The van der Waals surface area contributed by atoms with Crippen molar-refractivity contribution in [2.75, 3.05) is 32.5 Å². The van der Waals surface area contributed by atoms with Gasteiger partial charge in [-0.15, -0.1) is 0 Å². The van der Waals surface area contributed by atoms with Gasteiger partial charge in [-0.2, -0.15) is 0 Å². The Morgan fingerprint density at radius 2 is 1.85 bits per heavy atom. The van der Waals surface area contributed by atoms with Gasteiger partial charge >= 0.3 is 5.97 Å². The number of ether oxygens (including phenoxy) is 1. The minimum absolute atomic E-state index is 0.155. The minimum Gasteiger partial charge on any atom is -0.496 e. The van der Waals surface area contributed by atoms with E-state index in [0.717, 1.165) is 0 Å². The number of hydrogen-bond donors (Lipinski definition) is 2. The summed E-state index contributed by atoms with van der Waals surface area (Å²) in [6.07, 6.45) is 0.155.